The van der Waals surface area contributed by atoms with E-state index in [0.717, 1.165) is 6.07 Å². The molecule has 112 valence electrons. The van der Waals surface area contributed by atoms with Gasteiger partial charge < -0.3 is 5.73 Å². The van der Waals surface area contributed by atoms with E-state index in [1.165, 1.54) is 24.3 Å². The Hall–Kier alpha value is -1.79. The van der Waals surface area contributed by atoms with Crippen molar-refractivity contribution in [3.8, 4) is 0 Å². The molecule has 0 aliphatic carbocycles. The Kier molecular flexibility index (Phi) is 4.11. The average molecular weight is 329 g/mol. The maximum absolute atomic E-state index is 13.3. The normalized spacial score (nSPS) is 11.4. The molecule has 0 spiro atoms. The van der Waals surface area contributed by atoms with Crippen LogP contribution in [0.4, 0.5) is 15.8 Å². The summed E-state index contributed by atoms with van der Waals surface area (Å²) >= 11 is 5.91. The molecule has 0 heterocycles. The van der Waals surface area contributed by atoms with E-state index in [1.54, 1.807) is 13.8 Å². The highest BCUT2D eigenvalue weighted by Crippen LogP contribution is 2.28. The zero-order valence-corrected chi connectivity index (χ0v) is 13.0. The smallest absolute Gasteiger partial charge is 0.261 e. The molecular weight excluding hydrogens is 315 g/mol. The molecule has 0 saturated carbocycles. The SMILES string of the molecule is Cc1cc(F)cc(NS(=O)(=O)c2cc(C)c(Cl)c(N)c2)c1. The van der Waals surface area contributed by atoms with Crippen LogP contribution in [0.15, 0.2) is 35.2 Å². The number of nitrogens with two attached hydrogens (primary N) is 1. The maximum Gasteiger partial charge on any atom is 0.261 e. The van der Waals surface area contributed by atoms with Gasteiger partial charge in [0.25, 0.3) is 10.0 Å². The van der Waals surface area contributed by atoms with Crippen molar-refractivity contribution in [2.75, 3.05) is 10.5 Å². The summed E-state index contributed by atoms with van der Waals surface area (Å²) in [6.45, 7) is 3.33. The summed E-state index contributed by atoms with van der Waals surface area (Å²) < 4.78 is 40.3. The van der Waals surface area contributed by atoms with Gasteiger partial charge in [-0.1, -0.05) is 11.6 Å². The topological polar surface area (TPSA) is 72.2 Å². The molecule has 3 N–H and O–H groups in total. The number of nitrogen functional groups attached to an aromatic ring is 1. The summed E-state index contributed by atoms with van der Waals surface area (Å²) in [5, 5.41) is 0.315. The van der Waals surface area contributed by atoms with E-state index >= 15 is 0 Å². The molecule has 0 aliphatic heterocycles. The van der Waals surface area contributed by atoms with Crippen LogP contribution in [0.25, 0.3) is 0 Å². The molecule has 0 amide bonds. The first-order chi connectivity index (χ1) is 9.69. The molecule has 2 aromatic carbocycles. The summed E-state index contributed by atoms with van der Waals surface area (Å²) in [6, 6.07) is 6.63. The van der Waals surface area contributed by atoms with Crippen LogP contribution in [-0.4, -0.2) is 8.42 Å². The van der Waals surface area contributed by atoms with Crippen LogP contribution in [0, 0.1) is 19.7 Å². The molecule has 0 fully saturated rings. The summed E-state index contributed by atoms with van der Waals surface area (Å²) in [5.41, 5.74) is 7.16. The van der Waals surface area contributed by atoms with Crippen LogP contribution in [0.1, 0.15) is 11.1 Å². The minimum Gasteiger partial charge on any atom is -0.397 e. The fraction of sp³-hybridized carbons (Fsp3) is 0.143. The van der Waals surface area contributed by atoms with Gasteiger partial charge in [-0.25, -0.2) is 12.8 Å². The molecule has 0 atom stereocenters. The summed E-state index contributed by atoms with van der Waals surface area (Å²) in [4.78, 5) is -0.0242. The van der Waals surface area contributed by atoms with Crippen LogP contribution in [0.2, 0.25) is 5.02 Å². The molecule has 0 saturated heterocycles. The average Bonchev–Trinajstić information content (AvgIpc) is 2.33. The first-order valence-corrected chi connectivity index (χ1v) is 7.91. The van der Waals surface area contributed by atoms with Crippen molar-refractivity contribution in [2.45, 2.75) is 18.7 Å². The minimum atomic E-state index is -3.86. The Bertz CT molecular complexity index is 763. The van der Waals surface area contributed by atoms with E-state index in [1.807, 2.05) is 0 Å². The van der Waals surface area contributed by atoms with E-state index in [0.29, 0.717) is 16.1 Å². The third kappa shape index (κ3) is 3.46. The quantitative estimate of drug-likeness (QED) is 0.847. The zero-order valence-electron chi connectivity index (χ0n) is 11.4. The zero-order chi connectivity index (χ0) is 15.8. The lowest BCUT2D eigenvalue weighted by Crippen LogP contribution is -2.14. The Morgan fingerprint density at radius 1 is 1.14 bits per heavy atom. The van der Waals surface area contributed by atoms with Gasteiger partial charge in [-0.15, -0.1) is 0 Å². The molecule has 4 nitrogen and oxygen atoms in total. The van der Waals surface area contributed by atoms with Crippen molar-refractivity contribution in [3.63, 3.8) is 0 Å². The van der Waals surface area contributed by atoms with E-state index in [2.05, 4.69) is 4.72 Å². The van der Waals surface area contributed by atoms with Gasteiger partial charge in [0, 0.05) is 0 Å². The minimum absolute atomic E-state index is 0.0242. The Balaban J connectivity index is 2.43. The number of aryl methyl sites for hydroxylation is 2. The van der Waals surface area contributed by atoms with Crippen LogP contribution in [-0.2, 0) is 10.0 Å². The summed E-state index contributed by atoms with van der Waals surface area (Å²) in [5.74, 6) is -0.514. The highest BCUT2D eigenvalue weighted by molar-refractivity contribution is 7.92. The second-order valence-electron chi connectivity index (χ2n) is 4.77. The molecule has 0 aliphatic rings. The molecule has 2 rings (SSSR count). The van der Waals surface area contributed by atoms with Crippen LogP contribution < -0.4 is 10.5 Å². The monoisotopic (exact) mass is 328 g/mol. The van der Waals surface area contributed by atoms with Crippen molar-refractivity contribution in [1.82, 2.24) is 0 Å². The van der Waals surface area contributed by atoms with Crippen molar-refractivity contribution in [3.05, 3.63) is 52.3 Å². The van der Waals surface area contributed by atoms with Crippen molar-refractivity contribution in [2.24, 2.45) is 0 Å². The molecular formula is C14H14ClFN2O2S. The van der Waals surface area contributed by atoms with E-state index in [-0.39, 0.29) is 16.3 Å². The summed E-state index contributed by atoms with van der Waals surface area (Å²) in [6.07, 6.45) is 0. The third-order valence-electron chi connectivity index (χ3n) is 2.86. The number of nitrogens with one attached hydrogen (secondary N) is 1. The predicted molar refractivity (Wildman–Crippen MR) is 82.5 cm³/mol. The largest absolute Gasteiger partial charge is 0.397 e. The summed E-state index contributed by atoms with van der Waals surface area (Å²) in [7, 11) is -3.86. The van der Waals surface area contributed by atoms with Gasteiger partial charge in [-0.3, -0.25) is 4.72 Å². The Labute approximate surface area is 127 Å². The second kappa shape index (κ2) is 5.54. The number of rotatable bonds is 3. The highest BCUT2D eigenvalue weighted by Gasteiger charge is 2.17. The molecule has 0 aromatic heterocycles. The molecule has 21 heavy (non-hydrogen) atoms. The molecule has 2 aromatic rings. The molecule has 7 heteroatoms. The fourth-order valence-electron chi connectivity index (χ4n) is 1.93. The van der Waals surface area contributed by atoms with Gasteiger partial charge in [-0.05, 0) is 55.3 Å². The first-order valence-electron chi connectivity index (χ1n) is 6.04. The van der Waals surface area contributed by atoms with Crippen LogP contribution >= 0.6 is 11.6 Å². The maximum atomic E-state index is 13.3. The van der Waals surface area contributed by atoms with E-state index < -0.39 is 15.8 Å². The number of halogens is 2. The highest BCUT2D eigenvalue weighted by atomic mass is 35.5. The van der Waals surface area contributed by atoms with Gasteiger partial charge in [0.2, 0.25) is 0 Å². The van der Waals surface area contributed by atoms with Crippen molar-refractivity contribution >= 4 is 33.0 Å². The standard InChI is InChI=1S/C14H14ClFN2O2S/c1-8-3-10(16)6-11(4-8)18-21(19,20)12-5-9(2)14(15)13(17)7-12/h3-7,18H,17H2,1-2H3. The first kappa shape index (κ1) is 15.6. The number of sulfonamides is 1. The number of hydrogen-bond donors (Lipinski definition) is 2. The fourth-order valence-corrected chi connectivity index (χ4v) is 3.20. The van der Waals surface area contributed by atoms with Crippen LogP contribution in [0.5, 0.6) is 0 Å². The van der Waals surface area contributed by atoms with Gasteiger partial charge >= 0.3 is 0 Å². The number of benzene rings is 2. The Morgan fingerprint density at radius 3 is 2.38 bits per heavy atom. The molecule has 0 unspecified atom stereocenters. The lowest BCUT2D eigenvalue weighted by Gasteiger charge is -2.11. The van der Waals surface area contributed by atoms with Gasteiger partial charge in [-0.2, -0.15) is 0 Å². The lowest BCUT2D eigenvalue weighted by atomic mass is 10.2. The second-order valence-corrected chi connectivity index (χ2v) is 6.83. The van der Waals surface area contributed by atoms with Crippen molar-refractivity contribution in [1.29, 1.82) is 0 Å². The van der Waals surface area contributed by atoms with Gasteiger partial charge in [0.15, 0.2) is 0 Å². The van der Waals surface area contributed by atoms with Gasteiger partial charge in [0.1, 0.15) is 5.82 Å². The van der Waals surface area contributed by atoms with E-state index in [4.69, 9.17) is 17.3 Å². The lowest BCUT2D eigenvalue weighted by molar-refractivity contribution is 0.601. The number of hydrogen-bond acceptors (Lipinski definition) is 3. The number of anilines is 2. The molecule has 0 bridgehead atoms. The van der Waals surface area contributed by atoms with E-state index in [9.17, 15) is 12.8 Å². The van der Waals surface area contributed by atoms with Gasteiger partial charge in [0.05, 0.1) is 21.3 Å². The predicted octanol–water partition coefficient (Wildman–Crippen LogP) is 3.48. The van der Waals surface area contributed by atoms with Crippen LogP contribution in [0.3, 0.4) is 0 Å². The Morgan fingerprint density at radius 2 is 1.81 bits per heavy atom. The third-order valence-corrected chi connectivity index (χ3v) is 4.74. The molecule has 0 radical (unpaired) electrons. The van der Waals surface area contributed by atoms with Crippen molar-refractivity contribution < 1.29 is 12.8 Å².